The summed E-state index contributed by atoms with van der Waals surface area (Å²) in [5.74, 6) is -0.0733. The maximum atomic E-state index is 11.0. The molecule has 2 rings (SSSR count). The van der Waals surface area contributed by atoms with Gasteiger partial charge < -0.3 is 0 Å². The molecular formula is C12H10ClNO3. The Labute approximate surface area is 103 Å². The Morgan fingerprint density at radius 2 is 2.24 bits per heavy atom. The van der Waals surface area contributed by atoms with Gasteiger partial charge in [-0.1, -0.05) is 18.5 Å². The molecule has 1 heterocycles. The summed E-state index contributed by atoms with van der Waals surface area (Å²) >= 11 is 6.02. The third-order valence-electron chi connectivity index (χ3n) is 2.19. The Morgan fingerprint density at radius 1 is 1.41 bits per heavy atom. The lowest BCUT2D eigenvalue weighted by molar-refractivity contribution is -0.212. The van der Waals surface area contributed by atoms with E-state index < -0.39 is 5.97 Å². The predicted octanol–water partition coefficient (Wildman–Crippen LogP) is 3.14. The third-order valence-corrected chi connectivity index (χ3v) is 2.52. The fraction of sp³-hybridized carbons (Fsp3) is 0.167. The molecular weight excluding hydrogens is 242 g/mol. The van der Waals surface area contributed by atoms with E-state index in [0.717, 1.165) is 5.39 Å². The van der Waals surface area contributed by atoms with Crippen molar-refractivity contribution in [2.45, 2.75) is 13.3 Å². The van der Waals surface area contributed by atoms with Crippen molar-refractivity contribution in [3.05, 3.63) is 35.5 Å². The van der Waals surface area contributed by atoms with E-state index in [1.807, 2.05) is 6.07 Å². The van der Waals surface area contributed by atoms with E-state index >= 15 is 0 Å². The Balaban J connectivity index is 2.35. The lowest BCUT2D eigenvalue weighted by Gasteiger charge is -2.06. The number of carbonyl (C=O) groups excluding carboxylic acids is 1. The molecule has 0 fully saturated rings. The van der Waals surface area contributed by atoms with Crippen LogP contribution in [0.3, 0.4) is 0 Å². The fourth-order valence-corrected chi connectivity index (χ4v) is 1.54. The van der Waals surface area contributed by atoms with Crippen LogP contribution in [0.25, 0.3) is 10.9 Å². The topological polar surface area (TPSA) is 48.4 Å². The van der Waals surface area contributed by atoms with E-state index in [4.69, 9.17) is 16.5 Å². The molecule has 0 spiro atoms. The molecule has 0 aliphatic rings. The zero-order chi connectivity index (χ0) is 12.3. The van der Waals surface area contributed by atoms with Crippen molar-refractivity contribution in [3.63, 3.8) is 0 Å². The molecule has 0 amide bonds. The monoisotopic (exact) mass is 251 g/mol. The predicted molar refractivity (Wildman–Crippen MR) is 63.8 cm³/mol. The number of rotatable bonds is 3. The Morgan fingerprint density at radius 3 is 3.00 bits per heavy atom. The van der Waals surface area contributed by atoms with E-state index in [2.05, 4.69) is 9.87 Å². The number of benzene rings is 1. The molecule has 0 radical (unpaired) electrons. The molecule has 0 N–H and O–H groups in total. The molecule has 0 aliphatic carbocycles. The summed E-state index contributed by atoms with van der Waals surface area (Å²) in [4.78, 5) is 24.7. The second kappa shape index (κ2) is 5.01. The number of hydrogen-bond donors (Lipinski definition) is 0. The van der Waals surface area contributed by atoms with E-state index in [1.165, 1.54) is 0 Å². The van der Waals surface area contributed by atoms with Crippen LogP contribution in [0.4, 0.5) is 0 Å². The van der Waals surface area contributed by atoms with Crippen LogP contribution in [-0.2, 0) is 9.68 Å². The minimum atomic E-state index is -0.441. The molecule has 0 atom stereocenters. The lowest BCUT2D eigenvalue weighted by atomic mass is 10.2. The van der Waals surface area contributed by atoms with Gasteiger partial charge in [0, 0.05) is 18.0 Å². The number of aromatic nitrogens is 1. The maximum Gasteiger partial charge on any atom is 0.355 e. The first-order valence-electron chi connectivity index (χ1n) is 5.13. The summed E-state index contributed by atoms with van der Waals surface area (Å²) in [6.07, 6.45) is 1.87. The molecule has 0 unspecified atom stereocenters. The standard InChI is InChI=1S/C12H10ClNO3/c1-2-11(15)17-16-10-6-5-9(13)8-4-3-7-14-12(8)10/h3-7H,2H2,1H3. The van der Waals surface area contributed by atoms with Crippen LogP contribution in [0.2, 0.25) is 5.02 Å². The average molecular weight is 252 g/mol. The second-order valence-electron chi connectivity index (χ2n) is 3.34. The molecule has 0 saturated carbocycles. The van der Waals surface area contributed by atoms with Gasteiger partial charge in [-0.2, -0.15) is 0 Å². The quantitative estimate of drug-likeness (QED) is 0.621. The zero-order valence-electron chi connectivity index (χ0n) is 9.14. The van der Waals surface area contributed by atoms with Crippen LogP contribution in [0.15, 0.2) is 30.5 Å². The van der Waals surface area contributed by atoms with Crippen LogP contribution >= 0.6 is 11.6 Å². The Kier molecular flexibility index (Phi) is 3.44. The van der Waals surface area contributed by atoms with Crippen molar-refractivity contribution in [2.75, 3.05) is 0 Å². The Hall–Kier alpha value is -1.81. The van der Waals surface area contributed by atoms with Gasteiger partial charge in [0.1, 0.15) is 5.52 Å². The summed E-state index contributed by atoms with van der Waals surface area (Å²) in [7, 11) is 0. The maximum absolute atomic E-state index is 11.0. The number of nitrogens with zero attached hydrogens (tertiary/aromatic N) is 1. The second-order valence-corrected chi connectivity index (χ2v) is 3.74. The lowest BCUT2D eigenvalue weighted by Crippen LogP contribution is -2.06. The molecule has 1 aromatic carbocycles. The number of fused-ring (bicyclic) bond motifs is 1. The first-order chi connectivity index (χ1) is 8.22. The zero-order valence-corrected chi connectivity index (χ0v) is 9.90. The van der Waals surface area contributed by atoms with Gasteiger partial charge in [-0.15, -0.1) is 0 Å². The van der Waals surface area contributed by atoms with Crippen LogP contribution in [0.1, 0.15) is 13.3 Å². The summed E-state index contributed by atoms with van der Waals surface area (Å²) < 4.78 is 0. The highest BCUT2D eigenvalue weighted by Crippen LogP contribution is 2.29. The molecule has 4 nitrogen and oxygen atoms in total. The number of carbonyl (C=O) groups is 1. The highest BCUT2D eigenvalue weighted by atomic mass is 35.5. The van der Waals surface area contributed by atoms with Crippen molar-refractivity contribution >= 4 is 28.5 Å². The van der Waals surface area contributed by atoms with Crippen LogP contribution < -0.4 is 4.89 Å². The van der Waals surface area contributed by atoms with E-state index in [1.54, 1.807) is 31.3 Å². The van der Waals surface area contributed by atoms with Crippen molar-refractivity contribution in [2.24, 2.45) is 0 Å². The van der Waals surface area contributed by atoms with Gasteiger partial charge in [0.15, 0.2) is 0 Å². The minimum Gasteiger partial charge on any atom is -0.285 e. The van der Waals surface area contributed by atoms with E-state index in [9.17, 15) is 4.79 Å². The summed E-state index contributed by atoms with van der Waals surface area (Å²) in [5, 5.41) is 1.32. The van der Waals surface area contributed by atoms with Crippen LogP contribution in [0, 0.1) is 0 Å². The molecule has 1 aromatic heterocycles. The average Bonchev–Trinajstić information content (AvgIpc) is 2.38. The fourth-order valence-electron chi connectivity index (χ4n) is 1.33. The van der Waals surface area contributed by atoms with Gasteiger partial charge in [-0.3, -0.25) is 14.8 Å². The van der Waals surface area contributed by atoms with Crippen LogP contribution in [0.5, 0.6) is 5.75 Å². The van der Waals surface area contributed by atoms with Gasteiger partial charge in [-0.05, 0) is 24.3 Å². The SMILES string of the molecule is CCC(=O)OOc1ccc(Cl)c2cccnc12. The van der Waals surface area contributed by atoms with Crippen molar-refractivity contribution in [1.82, 2.24) is 4.98 Å². The van der Waals surface area contributed by atoms with Gasteiger partial charge in [0.25, 0.3) is 0 Å². The molecule has 0 aliphatic heterocycles. The van der Waals surface area contributed by atoms with Crippen molar-refractivity contribution in [1.29, 1.82) is 0 Å². The highest BCUT2D eigenvalue weighted by molar-refractivity contribution is 6.35. The molecule has 17 heavy (non-hydrogen) atoms. The number of pyridine rings is 1. The van der Waals surface area contributed by atoms with Crippen molar-refractivity contribution < 1.29 is 14.6 Å². The summed E-state index contributed by atoms with van der Waals surface area (Å²) in [6.45, 7) is 1.68. The van der Waals surface area contributed by atoms with Gasteiger partial charge in [-0.25, -0.2) is 4.79 Å². The third kappa shape index (κ3) is 2.47. The largest absolute Gasteiger partial charge is 0.355 e. The molecule has 0 bridgehead atoms. The summed E-state index contributed by atoms with van der Waals surface area (Å²) in [6, 6.07) is 6.87. The van der Waals surface area contributed by atoms with Gasteiger partial charge in [0.05, 0.1) is 5.02 Å². The number of halogens is 1. The Bertz CT molecular complexity index is 556. The smallest absolute Gasteiger partial charge is 0.285 e. The van der Waals surface area contributed by atoms with Crippen molar-refractivity contribution in [3.8, 4) is 5.75 Å². The van der Waals surface area contributed by atoms with Gasteiger partial charge in [0.2, 0.25) is 5.75 Å². The van der Waals surface area contributed by atoms with E-state index in [0.29, 0.717) is 16.3 Å². The molecule has 2 aromatic rings. The summed E-state index contributed by atoms with van der Waals surface area (Å²) in [5.41, 5.74) is 0.559. The van der Waals surface area contributed by atoms with Crippen LogP contribution in [-0.4, -0.2) is 11.0 Å². The number of hydrogen-bond acceptors (Lipinski definition) is 4. The highest BCUT2D eigenvalue weighted by Gasteiger charge is 2.09. The molecule has 5 heteroatoms. The molecule has 0 saturated heterocycles. The first-order valence-corrected chi connectivity index (χ1v) is 5.50. The van der Waals surface area contributed by atoms with E-state index in [-0.39, 0.29) is 6.42 Å². The minimum absolute atomic E-state index is 0.249. The van der Waals surface area contributed by atoms with Gasteiger partial charge >= 0.3 is 5.97 Å². The first kappa shape index (κ1) is 11.7. The molecule has 88 valence electrons. The normalized spacial score (nSPS) is 10.2.